The van der Waals surface area contributed by atoms with Gasteiger partial charge in [-0.05, 0) is 19.1 Å². The summed E-state index contributed by atoms with van der Waals surface area (Å²) in [5, 5.41) is 3.23. The van der Waals surface area contributed by atoms with E-state index in [0.29, 0.717) is 24.5 Å². The molecular formula is C11H16N2O2S. The van der Waals surface area contributed by atoms with Crippen LogP contribution < -0.4 is 5.32 Å². The highest BCUT2D eigenvalue weighted by Crippen LogP contribution is 2.16. The Morgan fingerprint density at radius 3 is 2.62 bits per heavy atom. The summed E-state index contributed by atoms with van der Waals surface area (Å²) in [6.07, 6.45) is 0. The third-order valence-corrected chi connectivity index (χ3v) is 4.59. The minimum Gasteiger partial charge on any atom is -0.312 e. The molecule has 1 aromatic carbocycles. The van der Waals surface area contributed by atoms with Gasteiger partial charge in [-0.2, -0.15) is 4.31 Å². The molecule has 1 unspecified atom stereocenters. The number of sulfonamides is 1. The SMILES string of the molecule is CC1CN(S(=O)(=O)c2ccccc2)CCN1. The van der Waals surface area contributed by atoms with Crippen molar-refractivity contribution in [2.75, 3.05) is 19.6 Å². The van der Waals surface area contributed by atoms with Crippen LogP contribution in [0.5, 0.6) is 0 Å². The van der Waals surface area contributed by atoms with E-state index >= 15 is 0 Å². The van der Waals surface area contributed by atoms with Gasteiger partial charge in [0.2, 0.25) is 10.0 Å². The zero-order valence-electron chi connectivity index (χ0n) is 9.26. The molecule has 2 rings (SSSR count). The van der Waals surface area contributed by atoms with Crippen molar-refractivity contribution >= 4 is 10.0 Å². The summed E-state index contributed by atoms with van der Waals surface area (Å²) in [7, 11) is -3.30. The van der Waals surface area contributed by atoms with E-state index in [1.807, 2.05) is 13.0 Å². The number of nitrogens with one attached hydrogen (secondary N) is 1. The Labute approximate surface area is 96.3 Å². The lowest BCUT2D eigenvalue weighted by atomic mass is 10.3. The predicted molar refractivity (Wildman–Crippen MR) is 62.7 cm³/mol. The highest BCUT2D eigenvalue weighted by Gasteiger charge is 2.27. The fourth-order valence-electron chi connectivity index (χ4n) is 1.86. The normalized spacial score (nSPS) is 23.2. The lowest BCUT2D eigenvalue weighted by Crippen LogP contribution is -2.51. The van der Waals surface area contributed by atoms with Crippen LogP contribution in [0.2, 0.25) is 0 Å². The van der Waals surface area contributed by atoms with Crippen molar-refractivity contribution in [3.05, 3.63) is 30.3 Å². The first-order chi connectivity index (χ1) is 7.60. The third kappa shape index (κ3) is 2.26. The molecule has 16 heavy (non-hydrogen) atoms. The van der Waals surface area contributed by atoms with E-state index < -0.39 is 10.0 Å². The van der Waals surface area contributed by atoms with Crippen molar-refractivity contribution in [1.29, 1.82) is 0 Å². The monoisotopic (exact) mass is 240 g/mol. The van der Waals surface area contributed by atoms with Crippen LogP contribution in [-0.2, 0) is 10.0 Å². The summed E-state index contributed by atoms with van der Waals surface area (Å²) in [6.45, 7) is 3.79. The largest absolute Gasteiger partial charge is 0.312 e. The van der Waals surface area contributed by atoms with Crippen LogP contribution in [-0.4, -0.2) is 38.4 Å². The maximum absolute atomic E-state index is 12.2. The maximum atomic E-state index is 12.2. The van der Waals surface area contributed by atoms with Crippen molar-refractivity contribution in [3.63, 3.8) is 0 Å². The zero-order chi connectivity index (χ0) is 11.6. The molecule has 0 saturated carbocycles. The second-order valence-electron chi connectivity index (χ2n) is 4.03. The standard InChI is InChI=1S/C11H16N2O2S/c1-10-9-13(8-7-12-10)16(14,15)11-5-3-2-4-6-11/h2-6,10,12H,7-9H2,1H3. The second-order valence-corrected chi connectivity index (χ2v) is 5.97. The van der Waals surface area contributed by atoms with Gasteiger partial charge >= 0.3 is 0 Å². The predicted octanol–water partition coefficient (Wildman–Crippen LogP) is 0.669. The Kier molecular flexibility index (Phi) is 3.28. The molecule has 88 valence electrons. The highest BCUT2D eigenvalue weighted by atomic mass is 32.2. The van der Waals surface area contributed by atoms with Crippen LogP contribution >= 0.6 is 0 Å². The Morgan fingerprint density at radius 1 is 1.31 bits per heavy atom. The first kappa shape index (κ1) is 11.6. The van der Waals surface area contributed by atoms with Crippen LogP contribution in [0.25, 0.3) is 0 Å². The average Bonchev–Trinajstić information content (AvgIpc) is 2.30. The molecule has 0 aliphatic carbocycles. The molecule has 0 amide bonds. The first-order valence-electron chi connectivity index (χ1n) is 5.39. The fraction of sp³-hybridized carbons (Fsp3) is 0.455. The van der Waals surface area contributed by atoms with Crippen LogP contribution in [0.4, 0.5) is 0 Å². The van der Waals surface area contributed by atoms with Gasteiger partial charge in [-0.1, -0.05) is 18.2 Å². The third-order valence-electron chi connectivity index (χ3n) is 2.71. The summed E-state index contributed by atoms with van der Waals surface area (Å²) < 4.78 is 26.0. The van der Waals surface area contributed by atoms with E-state index in [1.165, 1.54) is 0 Å². The summed E-state index contributed by atoms with van der Waals surface area (Å²) in [5.74, 6) is 0. The number of rotatable bonds is 2. The average molecular weight is 240 g/mol. The molecule has 0 aromatic heterocycles. The Hall–Kier alpha value is -0.910. The lowest BCUT2D eigenvalue weighted by molar-refractivity contribution is 0.310. The molecule has 4 nitrogen and oxygen atoms in total. The molecule has 1 saturated heterocycles. The summed E-state index contributed by atoms with van der Waals surface area (Å²) in [4.78, 5) is 0.379. The van der Waals surface area contributed by atoms with Gasteiger partial charge in [0.05, 0.1) is 4.90 Å². The van der Waals surface area contributed by atoms with Gasteiger partial charge in [0.1, 0.15) is 0 Å². The van der Waals surface area contributed by atoms with Gasteiger partial charge < -0.3 is 5.32 Å². The molecule has 1 heterocycles. The first-order valence-corrected chi connectivity index (χ1v) is 6.83. The van der Waals surface area contributed by atoms with Gasteiger partial charge in [-0.15, -0.1) is 0 Å². The maximum Gasteiger partial charge on any atom is 0.243 e. The van der Waals surface area contributed by atoms with Crippen molar-refractivity contribution < 1.29 is 8.42 Å². The molecule has 0 spiro atoms. The van der Waals surface area contributed by atoms with Crippen LogP contribution in [0, 0.1) is 0 Å². The van der Waals surface area contributed by atoms with Gasteiger partial charge in [-0.25, -0.2) is 8.42 Å². The summed E-state index contributed by atoms with van der Waals surface area (Å²) in [5.41, 5.74) is 0. The Bertz CT molecular complexity index is 444. The van der Waals surface area contributed by atoms with Gasteiger partial charge in [-0.3, -0.25) is 0 Å². The zero-order valence-corrected chi connectivity index (χ0v) is 10.1. The highest BCUT2D eigenvalue weighted by molar-refractivity contribution is 7.89. The molecule has 5 heteroatoms. The molecule has 1 N–H and O–H groups in total. The second kappa shape index (κ2) is 4.53. The van der Waals surface area contributed by atoms with E-state index in [2.05, 4.69) is 5.32 Å². The molecule has 1 aliphatic rings. The lowest BCUT2D eigenvalue weighted by Gasteiger charge is -2.30. The summed E-state index contributed by atoms with van der Waals surface area (Å²) in [6, 6.07) is 8.81. The van der Waals surface area contributed by atoms with E-state index in [-0.39, 0.29) is 6.04 Å². The number of nitrogens with zero attached hydrogens (tertiary/aromatic N) is 1. The molecular weight excluding hydrogens is 224 g/mol. The molecule has 1 fully saturated rings. The van der Waals surface area contributed by atoms with Gasteiger partial charge in [0.15, 0.2) is 0 Å². The number of benzene rings is 1. The molecule has 1 aliphatic heterocycles. The number of hydrogen-bond acceptors (Lipinski definition) is 3. The van der Waals surface area contributed by atoms with Gasteiger partial charge in [0, 0.05) is 25.7 Å². The molecule has 1 atom stereocenters. The summed E-state index contributed by atoms with van der Waals surface area (Å²) >= 11 is 0. The molecule has 0 radical (unpaired) electrons. The smallest absolute Gasteiger partial charge is 0.243 e. The Balaban J connectivity index is 2.26. The number of piperazine rings is 1. The van der Waals surface area contributed by atoms with Crippen LogP contribution in [0.3, 0.4) is 0 Å². The van der Waals surface area contributed by atoms with E-state index in [4.69, 9.17) is 0 Å². The minimum atomic E-state index is -3.30. The van der Waals surface area contributed by atoms with Crippen LogP contribution in [0.1, 0.15) is 6.92 Å². The van der Waals surface area contributed by atoms with E-state index in [1.54, 1.807) is 28.6 Å². The van der Waals surface area contributed by atoms with Crippen molar-refractivity contribution in [1.82, 2.24) is 9.62 Å². The van der Waals surface area contributed by atoms with Crippen LogP contribution in [0.15, 0.2) is 35.2 Å². The van der Waals surface area contributed by atoms with Gasteiger partial charge in [0.25, 0.3) is 0 Å². The molecule has 0 bridgehead atoms. The minimum absolute atomic E-state index is 0.215. The van der Waals surface area contributed by atoms with Crippen molar-refractivity contribution in [2.24, 2.45) is 0 Å². The quantitative estimate of drug-likeness (QED) is 0.826. The van der Waals surface area contributed by atoms with Crippen molar-refractivity contribution in [3.8, 4) is 0 Å². The fourth-order valence-corrected chi connectivity index (χ4v) is 3.41. The number of hydrogen-bond donors (Lipinski definition) is 1. The van der Waals surface area contributed by atoms with E-state index in [9.17, 15) is 8.42 Å². The van der Waals surface area contributed by atoms with Crippen molar-refractivity contribution in [2.45, 2.75) is 17.9 Å². The topological polar surface area (TPSA) is 49.4 Å². The Morgan fingerprint density at radius 2 is 2.00 bits per heavy atom. The molecule has 1 aromatic rings. The van der Waals surface area contributed by atoms with E-state index in [0.717, 1.165) is 0 Å².